The summed E-state index contributed by atoms with van der Waals surface area (Å²) >= 11 is 5.77. The Morgan fingerprint density at radius 3 is 2.52 bits per heavy atom. The second kappa shape index (κ2) is 10.4. The highest BCUT2D eigenvalue weighted by atomic mass is 35.5. The first-order valence-corrected chi connectivity index (χ1v) is 7.84. The maximum absolute atomic E-state index is 5.77. The number of rotatable bonds is 8. The molecule has 0 bridgehead atoms. The van der Waals surface area contributed by atoms with Crippen molar-refractivity contribution in [1.29, 1.82) is 0 Å². The Hall–Kier alpha value is -1.33. The van der Waals surface area contributed by atoms with E-state index >= 15 is 0 Å². The zero-order chi connectivity index (χ0) is 15.5. The molecular weight excluding hydrogens is 286 g/mol. The molecule has 0 aliphatic carbocycles. The summed E-state index contributed by atoms with van der Waals surface area (Å²) in [5.41, 5.74) is 1.16. The standard InChI is InChI=1S/C15H26ClN5/c1-4-21(5-2)11-10-19-15(17-3)18-9-8-13-6-7-14(16)20-12-13/h6-7,12H,4-5,8-11H2,1-3H3,(H2,17,18,19). The van der Waals surface area contributed by atoms with Crippen molar-refractivity contribution in [2.45, 2.75) is 20.3 Å². The molecule has 0 amide bonds. The summed E-state index contributed by atoms with van der Waals surface area (Å²) in [6.45, 7) is 9.24. The predicted octanol–water partition coefficient (Wildman–Crippen LogP) is 1.78. The van der Waals surface area contributed by atoms with E-state index in [9.17, 15) is 0 Å². The first-order valence-electron chi connectivity index (χ1n) is 7.46. The number of halogens is 1. The van der Waals surface area contributed by atoms with Crippen LogP contribution in [0.15, 0.2) is 23.3 Å². The van der Waals surface area contributed by atoms with Crippen LogP contribution in [0.4, 0.5) is 0 Å². The van der Waals surface area contributed by atoms with E-state index in [-0.39, 0.29) is 0 Å². The summed E-state index contributed by atoms with van der Waals surface area (Å²) < 4.78 is 0. The van der Waals surface area contributed by atoms with Crippen LogP contribution >= 0.6 is 11.6 Å². The monoisotopic (exact) mass is 311 g/mol. The molecule has 0 unspecified atom stereocenters. The van der Waals surface area contributed by atoms with Gasteiger partial charge in [0.1, 0.15) is 5.15 Å². The molecule has 0 atom stereocenters. The van der Waals surface area contributed by atoms with Crippen LogP contribution in [0.3, 0.4) is 0 Å². The van der Waals surface area contributed by atoms with Crippen LogP contribution in [0.25, 0.3) is 0 Å². The van der Waals surface area contributed by atoms with Crippen molar-refractivity contribution in [2.24, 2.45) is 4.99 Å². The van der Waals surface area contributed by atoms with Crippen LogP contribution in [0.2, 0.25) is 5.15 Å². The molecule has 0 fully saturated rings. The van der Waals surface area contributed by atoms with Gasteiger partial charge in [0.2, 0.25) is 0 Å². The van der Waals surface area contributed by atoms with Gasteiger partial charge in [-0.25, -0.2) is 4.98 Å². The lowest BCUT2D eigenvalue weighted by atomic mass is 10.2. The Kier molecular flexibility index (Phi) is 8.78. The number of aliphatic imine (C=N–C) groups is 1. The molecule has 5 nitrogen and oxygen atoms in total. The maximum Gasteiger partial charge on any atom is 0.191 e. The summed E-state index contributed by atoms with van der Waals surface area (Å²) in [4.78, 5) is 10.7. The van der Waals surface area contributed by atoms with Gasteiger partial charge in [-0.2, -0.15) is 0 Å². The minimum atomic E-state index is 0.528. The molecule has 118 valence electrons. The normalized spacial score (nSPS) is 11.8. The van der Waals surface area contributed by atoms with Crippen molar-refractivity contribution in [2.75, 3.05) is 39.8 Å². The van der Waals surface area contributed by atoms with Gasteiger partial charge in [0.25, 0.3) is 0 Å². The highest BCUT2D eigenvalue weighted by molar-refractivity contribution is 6.29. The lowest BCUT2D eigenvalue weighted by molar-refractivity contribution is 0.308. The first kappa shape index (κ1) is 17.7. The molecule has 0 aromatic carbocycles. The summed E-state index contributed by atoms with van der Waals surface area (Å²) in [6, 6.07) is 3.81. The molecule has 0 saturated heterocycles. The molecule has 0 aliphatic heterocycles. The molecule has 21 heavy (non-hydrogen) atoms. The smallest absolute Gasteiger partial charge is 0.191 e. The highest BCUT2D eigenvalue weighted by Gasteiger charge is 2.01. The van der Waals surface area contributed by atoms with Crippen LogP contribution in [0.1, 0.15) is 19.4 Å². The molecular formula is C15H26ClN5. The van der Waals surface area contributed by atoms with E-state index in [4.69, 9.17) is 11.6 Å². The number of nitrogens with one attached hydrogen (secondary N) is 2. The second-order valence-corrected chi connectivity index (χ2v) is 5.08. The van der Waals surface area contributed by atoms with Crippen LogP contribution in [0, 0.1) is 0 Å². The van der Waals surface area contributed by atoms with E-state index < -0.39 is 0 Å². The molecule has 0 spiro atoms. The summed E-state index contributed by atoms with van der Waals surface area (Å²) in [6.07, 6.45) is 2.70. The van der Waals surface area contributed by atoms with E-state index in [0.29, 0.717) is 5.15 Å². The predicted molar refractivity (Wildman–Crippen MR) is 90.1 cm³/mol. The van der Waals surface area contributed by atoms with E-state index in [1.807, 2.05) is 12.1 Å². The first-order chi connectivity index (χ1) is 10.2. The summed E-state index contributed by atoms with van der Waals surface area (Å²) in [7, 11) is 1.79. The van der Waals surface area contributed by atoms with Gasteiger partial charge < -0.3 is 15.5 Å². The van der Waals surface area contributed by atoms with Crippen LogP contribution in [0.5, 0.6) is 0 Å². The van der Waals surface area contributed by atoms with Crippen molar-refractivity contribution in [1.82, 2.24) is 20.5 Å². The minimum absolute atomic E-state index is 0.528. The van der Waals surface area contributed by atoms with Crippen molar-refractivity contribution in [3.8, 4) is 0 Å². The second-order valence-electron chi connectivity index (χ2n) is 4.69. The van der Waals surface area contributed by atoms with Crippen LogP contribution in [-0.2, 0) is 6.42 Å². The Labute approximate surface area is 132 Å². The Balaban J connectivity index is 2.23. The molecule has 6 heteroatoms. The quantitative estimate of drug-likeness (QED) is 0.436. The minimum Gasteiger partial charge on any atom is -0.356 e. The molecule has 0 saturated carbocycles. The SMILES string of the molecule is CCN(CC)CCNC(=NC)NCCc1ccc(Cl)nc1. The third-order valence-electron chi connectivity index (χ3n) is 3.33. The van der Waals surface area contributed by atoms with Gasteiger partial charge >= 0.3 is 0 Å². The molecule has 0 radical (unpaired) electrons. The van der Waals surface area contributed by atoms with Gasteiger partial charge in [0.15, 0.2) is 5.96 Å². The molecule has 2 N–H and O–H groups in total. The van der Waals surface area contributed by atoms with Gasteiger partial charge in [-0.15, -0.1) is 0 Å². The summed E-state index contributed by atoms with van der Waals surface area (Å²) in [5.74, 6) is 0.837. The van der Waals surface area contributed by atoms with Gasteiger partial charge in [-0.1, -0.05) is 31.5 Å². The van der Waals surface area contributed by atoms with Crippen molar-refractivity contribution < 1.29 is 0 Å². The van der Waals surface area contributed by atoms with Gasteiger partial charge in [0, 0.05) is 32.9 Å². The molecule has 0 aliphatic rings. The zero-order valence-electron chi connectivity index (χ0n) is 13.2. The number of pyridine rings is 1. The van der Waals surface area contributed by atoms with Gasteiger partial charge in [0.05, 0.1) is 0 Å². The van der Waals surface area contributed by atoms with E-state index in [1.165, 1.54) is 0 Å². The van der Waals surface area contributed by atoms with E-state index in [0.717, 1.165) is 50.7 Å². The van der Waals surface area contributed by atoms with Crippen LogP contribution in [-0.4, -0.2) is 55.6 Å². The topological polar surface area (TPSA) is 52.5 Å². The number of hydrogen-bond donors (Lipinski definition) is 2. The van der Waals surface area contributed by atoms with Gasteiger partial charge in [-0.3, -0.25) is 4.99 Å². The third kappa shape index (κ3) is 7.29. The Bertz CT molecular complexity index is 415. The zero-order valence-corrected chi connectivity index (χ0v) is 14.0. The maximum atomic E-state index is 5.77. The lowest BCUT2D eigenvalue weighted by Gasteiger charge is -2.19. The molecule has 1 aromatic heterocycles. The molecule has 1 rings (SSSR count). The number of hydrogen-bond acceptors (Lipinski definition) is 3. The Morgan fingerprint density at radius 1 is 1.24 bits per heavy atom. The van der Waals surface area contributed by atoms with Crippen molar-refractivity contribution >= 4 is 17.6 Å². The fourth-order valence-electron chi connectivity index (χ4n) is 1.97. The largest absolute Gasteiger partial charge is 0.356 e. The fraction of sp³-hybridized carbons (Fsp3) is 0.600. The Morgan fingerprint density at radius 2 is 1.95 bits per heavy atom. The number of nitrogens with zero attached hydrogens (tertiary/aromatic N) is 3. The number of likely N-dealkylation sites (N-methyl/N-ethyl adjacent to an activating group) is 1. The van der Waals surface area contributed by atoms with Gasteiger partial charge in [-0.05, 0) is 31.1 Å². The highest BCUT2D eigenvalue weighted by Crippen LogP contribution is 2.05. The molecule has 1 aromatic rings. The molecule has 1 heterocycles. The average molecular weight is 312 g/mol. The van der Waals surface area contributed by atoms with Crippen molar-refractivity contribution in [3.05, 3.63) is 29.0 Å². The van der Waals surface area contributed by atoms with E-state index in [2.05, 4.69) is 39.4 Å². The third-order valence-corrected chi connectivity index (χ3v) is 3.56. The average Bonchev–Trinajstić information content (AvgIpc) is 2.51. The fourth-order valence-corrected chi connectivity index (χ4v) is 2.08. The number of guanidine groups is 1. The van der Waals surface area contributed by atoms with Crippen molar-refractivity contribution in [3.63, 3.8) is 0 Å². The number of aromatic nitrogens is 1. The summed E-state index contributed by atoms with van der Waals surface area (Å²) in [5, 5.41) is 7.15. The van der Waals surface area contributed by atoms with Crippen LogP contribution < -0.4 is 10.6 Å². The van der Waals surface area contributed by atoms with E-state index in [1.54, 1.807) is 13.2 Å². The lowest BCUT2D eigenvalue weighted by Crippen LogP contribution is -2.42.